The molecule has 1 aromatic carbocycles. The van der Waals surface area contributed by atoms with Crippen molar-refractivity contribution < 1.29 is 12.8 Å². The van der Waals surface area contributed by atoms with E-state index in [4.69, 9.17) is 4.42 Å². The van der Waals surface area contributed by atoms with E-state index in [2.05, 4.69) is 36.7 Å². The van der Waals surface area contributed by atoms with Crippen LogP contribution in [-0.2, 0) is 22.0 Å². The first kappa shape index (κ1) is 22.0. The van der Waals surface area contributed by atoms with Crippen LogP contribution in [0.2, 0.25) is 0 Å². The fourth-order valence-electron chi connectivity index (χ4n) is 3.75. The van der Waals surface area contributed by atoms with Gasteiger partial charge in [0.15, 0.2) is 0 Å². The number of oxazole rings is 1. The van der Waals surface area contributed by atoms with E-state index in [9.17, 15) is 8.42 Å². The molecule has 2 heterocycles. The summed E-state index contributed by atoms with van der Waals surface area (Å²) in [5.74, 6) is 1.56. The summed E-state index contributed by atoms with van der Waals surface area (Å²) in [6.45, 7) is 16.9. The van der Waals surface area contributed by atoms with Crippen molar-refractivity contribution in [1.29, 1.82) is 0 Å². The lowest BCUT2D eigenvalue weighted by atomic mass is 9.94. The Morgan fingerprint density at radius 3 is 2.03 bits per heavy atom. The highest BCUT2D eigenvalue weighted by atomic mass is 32.2. The maximum Gasteiger partial charge on any atom is 0.243 e. The lowest BCUT2D eigenvalue weighted by Crippen LogP contribution is -2.48. The molecule has 0 unspecified atom stereocenters. The quantitative estimate of drug-likeness (QED) is 0.756. The van der Waals surface area contributed by atoms with Gasteiger partial charge >= 0.3 is 0 Å². The van der Waals surface area contributed by atoms with Crippen LogP contribution < -0.4 is 0 Å². The summed E-state index contributed by atoms with van der Waals surface area (Å²) in [7, 11) is -3.51. The number of hydrogen-bond acceptors (Lipinski definition) is 5. The van der Waals surface area contributed by atoms with Crippen LogP contribution in [0.3, 0.4) is 0 Å². The molecule has 1 aromatic heterocycles. The topological polar surface area (TPSA) is 66.7 Å². The molecule has 1 saturated heterocycles. The Labute approximate surface area is 175 Å². The first-order chi connectivity index (χ1) is 13.4. The first-order valence-electron chi connectivity index (χ1n) is 10.2. The van der Waals surface area contributed by atoms with Crippen LogP contribution in [0.4, 0.5) is 0 Å². The third kappa shape index (κ3) is 4.42. The number of piperazine rings is 1. The molecule has 1 aliphatic heterocycles. The van der Waals surface area contributed by atoms with Gasteiger partial charge in [-0.15, -0.1) is 0 Å². The molecule has 0 spiro atoms. The first-order valence-corrected chi connectivity index (χ1v) is 11.6. The summed E-state index contributed by atoms with van der Waals surface area (Å²) >= 11 is 0. The van der Waals surface area contributed by atoms with Crippen molar-refractivity contribution in [1.82, 2.24) is 14.2 Å². The minimum Gasteiger partial charge on any atom is -0.444 e. The molecule has 2 aromatic rings. The summed E-state index contributed by atoms with van der Waals surface area (Å²) in [6, 6.07) is 2.06. The lowest BCUT2D eigenvalue weighted by molar-refractivity contribution is 0.166. The molecule has 1 aliphatic rings. The van der Waals surface area contributed by atoms with Crippen LogP contribution in [0.25, 0.3) is 0 Å². The Morgan fingerprint density at radius 2 is 1.55 bits per heavy atom. The van der Waals surface area contributed by atoms with E-state index in [1.54, 1.807) is 10.5 Å². The number of hydrogen-bond donors (Lipinski definition) is 0. The molecule has 160 valence electrons. The van der Waals surface area contributed by atoms with Gasteiger partial charge in [-0.1, -0.05) is 26.8 Å². The van der Waals surface area contributed by atoms with Crippen LogP contribution >= 0.6 is 0 Å². The standard InChI is InChI=1S/C22H33N3O3S/c1-15-12-16(2)18(4)21(17(15)3)29(26,27)25-10-8-24(9-11-25)14-20-23-13-19(28-20)22(5,6)7/h12-13H,8-11,14H2,1-7H3. The van der Waals surface area contributed by atoms with Gasteiger partial charge in [-0.05, 0) is 49.9 Å². The summed E-state index contributed by atoms with van der Waals surface area (Å²) < 4.78 is 34.3. The van der Waals surface area contributed by atoms with E-state index in [1.165, 1.54) is 0 Å². The summed E-state index contributed by atoms with van der Waals surface area (Å²) in [5, 5.41) is 0. The Morgan fingerprint density at radius 1 is 1.00 bits per heavy atom. The molecule has 0 radical (unpaired) electrons. The van der Waals surface area contributed by atoms with E-state index < -0.39 is 10.0 Å². The number of sulfonamides is 1. The zero-order chi connectivity index (χ0) is 21.6. The summed E-state index contributed by atoms with van der Waals surface area (Å²) in [5.41, 5.74) is 3.67. The minimum absolute atomic E-state index is 0.0698. The Bertz CT molecular complexity index is 969. The third-order valence-corrected chi connectivity index (χ3v) is 8.05. The highest BCUT2D eigenvalue weighted by molar-refractivity contribution is 7.89. The predicted molar refractivity (Wildman–Crippen MR) is 115 cm³/mol. The molecule has 0 N–H and O–H groups in total. The minimum atomic E-state index is -3.51. The van der Waals surface area contributed by atoms with Gasteiger partial charge in [0.1, 0.15) is 5.76 Å². The van der Waals surface area contributed by atoms with Crippen molar-refractivity contribution in [2.45, 2.75) is 65.3 Å². The van der Waals surface area contributed by atoms with E-state index in [1.807, 2.05) is 27.7 Å². The number of benzene rings is 1. The smallest absolute Gasteiger partial charge is 0.243 e. The van der Waals surface area contributed by atoms with Crippen LogP contribution in [0.5, 0.6) is 0 Å². The van der Waals surface area contributed by atoms with E-state index >= 15 is 0 Å². The monoisotopic (exact) mass is 419 g/mol. The van der Waals surface area contributed by atoms with Crippen LogP contribution in [0.15, 0.2) is 21.6 Å². The molecule has 7 heteroatoms. The van der Waals surface area contributed by atoms with Gasteiger partial charge in [-0.3, -0.25) is 4.90 Å². The molecule has 0 saturated carbocycles. The number of aryl methyl sites for hydroxylation is 2. The third-order valence-electron chi connectivity index (χ3n) is 5.88. The second-order valence-corrected chi connectivity index (χ2v) is 11.0. The van der Waals surface area contributed by atoms with Crippen LogP contribution in [0.1, 0.15) is 54.7 Å². The highest BCUT2D eigenvalue weighted by Crippen LogP contribution is 2.29. The van der Waals surface area contributed by atoms with Crippen molar-refractivity contribution in [3.63, 3.8) is 0 Å². The predicted octanol–water partition coefficient (Wildman–Crippen LogP) is 3.71. The molecule has 0 bridgehead atoms. The van der Waals surface area contributed by atoms with Gasteiger partial charge in [-0.25, -0.2) is 13.4 Å². The van der Waals surface area contributed by atoms with E-state index in [0.717, 1.165) is 28.0 Å². The normalized spacial score (nSPS) is 17.1. The number of aromatic nitrogens is 1. The SMILES string of the molecule is Cc1cc(C)c(C)c(S(=O)(=O)N2CCN(Cc3ncc(C(C)(C)C)o3)CC2)c1C. The largest absolute Gasteiger partial charge is 0.444 e. The summed E-state index contributed by atoms with van der Waals surface area (Å²) in [4.78, 5) is 7.07. The zero-order valence-electron chi connectivity index (χ0n) is 18.7. The van der Waals surface area contributed by atoms with Gasteiger partial charge in [0, 0.05) is 31.6 Å². The fraction of sp³-hybridized carbons (Fsp3) is 0.591. The Hall–Kier alpha value is -1.70. The molecule has 0 aliphatic carbocycles. The number of nitrogens with zero attached hydrogens (tertiary/aromatic N) is 3. The van der Waals surface area contributed by atoms with Crippen LogP contribution in [-0.4, -0.2) is 48.8 Å². The van der Waals surface area contributed by atoms with Crippen LogP contribution in [0, 0.1) is 27.7 Å². The molecule has 6 nitrogen and oxygen atoms in total. The zero-order valence-corrected chi connectivity index (χ0v) is 19.5. The maximum atomic E-state index is 13.4. The molecule has 0 amide bonds. The fourth-order valence-corrected chi connectivity index (χ4v) is 5.74. The Kier molecular flexibility index (Phi) is 5.96. The van der Waals surface area contributed by atoms with E-state index in [-0.39, 0.29) is 5.41 Å². The van der Waals surface area contributed by atoms with Gasteiger partial charge in [0.05, 0.1) is 17.6 Å². The molecular weight excluding hydrogens is 386 g/mol. The Balaban J connectivity index is 1.72. The molecule has 1 fully saturated rings. The van der Waals surface area contributed by atoms with E-state index in [0.29, 0.717) is 43.5 Å². The second-order valence-electron chi connectivity index (χ2n) is 9.14. The lowest BCUT2D eigenvalue weighted by Gasteiger charge is -2.34. The van der Waals surface area contributed by atoms with Gasteiger partial charge < -0.3 is 4.42 Å². The average Bonchev–Trinajstić information content (AvgIpc) is 3.09. The van der Waals surface area contributed by atoms with Gasteiger partial charge in [-0.2, -0.15) is 4.31 Å². The molecular formula is C22H33N3O3S. The molecule has 3 rings (SSSR count). The van der Waals surface area contributed by atoms with Crippen molar-refractivity contribution in [3.8, 4) is 0 Å². The highest BCUT2D eigenvalue weighted by Gasteiger charge is 2.32. The number of rotatable bonds is 4. The van der Waals surface area contributed by atoms with Crippen molar-refractivity contribution >= 4 is 10.0 Å². The van der Waals surface area contributed by atoms with Crippen molar-refractivity contribution in [2.75, 3.05) is 26.2 Å². The van der Waals surface area contributed by atoms with Gasteiger partial charge in [0.25, 0.3) is 0 Å². The van der Waals surface area contributed by atoms with Crippen molar-refractivity contribution in [2.24, 2.45) is 0 Å². The molecule has 0 atom stereocenters. The van der Waals surface area contributed by atoms with Gasteiger partial charge in [0.2, 0.25) is 15.9 Å². The average molecular weight is 420 g/mol. The van der Waals surface area contributed by atoms with Crippen molar-refractivity contribution in [3.05, 3.63) is 46.2 Å². The maximum absolute atomic E-state index is 13.4. The molecule has 29 heavy (non-hydrogen) atoms. The second kappa shape index (κ2) is 7.85. The summed E-state index contributed by atoms with van der Waals surface area (Å²) in [6.07, 6.45) is 1.79.